The molecule has 0 aliphatic carbocycles. The Balaban J connectivity index is 1.55. The smallest absolute Gasteiger partial charge is 0.373 e. The van der Waals surface area contributed by atoms with Gasteiger partial charge in [-0.2, -0.15) is 0 Å². The number of carboxylic acid groups (broad SMARTS) is 2. The summed E-state index contributed by atoms with van der Waals surface area (Å²) >= 11 is 0. The van der Waals surface area contributed by atoms with Crippen LogP contribution in [0.15, 0.2) is 57.0 Å². The third kappa shape index (κ3) is 4.66. The average molecular weight is 480 g/mol. The topological polar surface area (TPSA) is 177 Å². The Morgan fingerprint density at radius 3 is 2.31 bits per heavy atom. The van der Waals surface area contributed by atoms with E-state index in [9.17, 15) is 34.2 Å². The van der Waals surface area contributed by atoms with Crippen LogP contribution in [0.4, 0.5) is 4.79 Å². The predicted octanol–water partition coefficient (Wildman–Crippen LogP) is 2.82. The van der Waals surface area contributed by atoms with Crippen molar-refractivity contribution in [2.75, 3.05) is 7.11 Å². The number of nitrogens with zero attached hydrogens (tertiary/aromatic N) is 1. The highest BCUT2D eigenvalue weighted by molar-refractivity contribution is 6.13. The van der Waals surface area contributed by atoms with E-state index in [1.54, 1.807) is 0 Å². The molecule has 0 radical (unpaired) electrons. The molecule has 3 heterocycles. The molecule has 1 saturated heterocycles. The molecule has 35 heavy (non-hydrogen) atoms. The summed E-state index contributed by atoms with van der Waals surface area (Å²) in [5.74, 6) is -3.58. The molecule has 12 nitrogen and oxygen atoms in total. The van der Waals surface area contributed by atoms with Crippen LogP contribution in [-0.4, -0.2) is 52.1 Å². The van der Waals surface area contributed by atoms with Crippen molar-refractivity contribution in [3.8, 4) is 11.3 Å². The van der Waals surface area contributed by atoms with Gasteiger partial charge in [-0.05, 0) is 42.5 Å². The molecular formula is C23H16N2O10. The molecule has 3 N–H and O–H groups in total. The summed E-state index contributed by atoms with van der Waals surface area (Å²) < 4.78 is 15.5. The third-order valence-corrected chi connectivity index (χ3v) is 4.95. The van der Waals surface area contributed by atoms with Crippen molar-refractivity contribution >= 4 is 35.9 Å². The first-order chi connectivity index (χ1) is 16.7. The summed E-state index contributed by atoms with van der Waals surface area (Å²) in [4.78, 5) is 60.0. The Kier molecular flexibility index (Phi) is 5.94. The van der Waals surface area contributed by atoms with Crippen molar-refractivity contribution in [2.24, 2.45) is 0 Å². The van der Waals surface area contributed by atoms with E-state index in [2.05, 4.69) is 10.1 Å². The van der Waals surface area contributed by atoms with Gasteiger partial charge in [0.2, 0.25) is 5.76 Å². The number of esters is 1. The monoisotopic (exact) mass is 480 g/mol. The maximum Gasteiger partial charge on any atom is 0.373 e. The van der Waals surface area contributed by atoms with Crippen LogP contribution in [0.5, 0.6) is 0 Å². The average Bonchev–Trinajstić information content (AvgIpc) is 3.55. The van der Waals surface area contributed by atoms with Gasteiger partial charge in [-0.15, -0.1) is 0 Å². The summed E-state index contributed by atoms with van der Waals surface area (Å²) in [6, 6.07) is 8.53. The van der Waals surface area contributed by atoms with Crippen molar-refractivity contribution in [1.29, 1.82) is 0 Å². The van der Waals surface area contributed by atoms with E-state index >= 15 is 0 Å². The van der Waals surface area contributed by atoms with Crippen molar-refractivity contribution < 1.29 is 47.8 Å². The van der Waals surface area contributed by atoms with Crippen LogP contribution >= 0.6 is 0 Å². The first-order valence-electron chi connectivity index (χ1n) is 9.89. The zero-order chi connectivity index (χ0) is 25.3. The Labute approximate surface area is 196 Å². The van der Waals surface area contributed by atoms with Gasteiger partial charge in [-0.25, -0.2) is 19.2 Å². The molecule has 0 bridgehead atoms. The highest BCUT2D eigenvalue weighted by atomic mass is 16.5. The van der Waals surface area contributed by atoms with E-state index in [-0.39, 0.29) is 52.0 Å². The lowest BCUT2D eigenvalue weighted by Gasteiger charge is -2.09. The van der Waals surface area contributed by atoms with Gasteiger partial charge >= 0.3 is 23.9 Å². The molecule has 0 unspecified atom stereocenters. The highest BCUT2D eigenvalue weighted by Crippen LogP contribution is 2.27. The minimum atomic E-state index is -1.31. The predicted molar refractivity (Wildman–Crippen MR) is 115 cm³/mol. The number of carbonyl (C=O) groups is 5. The largest absolute Gasteiger partial charge is 0.478 e. The molecule has 3 aromatic rings. The summed E-state index contributed by atoms with van der Waals surface area (Å²) in [5, 5.41) is 20.9. The molecule has 0 spiro atoms. The maximum absolute atomic E-state index is 12.7. The first kappa shape index (κ1) is 23.0. The normalized spacial score (nSPS) is 14.3. The number of hydrogen-bond donors (Lipinski definition) is 3. The van der Waals surface area contributed by atoms with Gasteiger partial charge in [0.15, 0.2) is 0 Å². The lowest BCUT2D eigenvalue weighted by Crippen LogP contribution is -2.30. The molecule has 0 saturated carbocycles. The van der Waals surface area contributed by atoms with Gasteiger partial charge in [-0.3, -0.25) is 9.69 Å². The fraction of sp³-hybridized carbons (Fsp3) is 0.0870. The van der Waals surface area contributed by atoms with Crippen LogP contribution in [0.25, 0.3) is 17.4 Å². The number of methoxy groups -OCH3 is 1. The van der Waals surface area contributed by atoms with Crippen LogP contribution < -0.4 is 5.32 Å². The number of imide groups is 1. The number of aromatic carboxylic acids is 2. The van der Waals surface area contributed by atoms with Gasteiger partial charge in [0, 0.05) is 11.6 Å². The summed E-state index contributed by atoms with van der Waals surface area (Å²) in [6.07, 6.45) is 1.27. The lowest BCUT2D eigenvalue weighted by molar-refractivity contribution is -0.123. The fourth-order valence-corrected chi connectivity index (χ4v) is 3.29. The van der Waals surface area contributed by atoms with Gasteiger partial charge in [0.1, 0.15) is 23.0 Å². The zero-order valence-corrected chi connectivity index (χ0v) is 17.9. The molecule has 0 atom stereocenters. The minimum absolute atomic E-state index is 0.0774. The van der Waals surface area contributed by atoms with Crippen molar-refractivity contribution in [2.45, 2.75) is 6.54 Å². The van der Waals surface area contributed by atoms with Crippen LogP contribution in [0.2, 0.25) is 0 Å². The van der Waals surface area contributed by atoms with Crippen LogP contribution in [0.1, 0.15) is 42.8 Å². The molecule has 2 aromatic heterocycles. The van der Waals surface area contributed by atoms with Gasteiger partial charge in [-0.1, -0.05) is 0 Å². The third-order valence-electron chi connectivity index (χ3n) is 4.95. The summed E-state index contributed by atoms with van der Waals surface area (Å²) in [5.41, 5.74) is -0.368. The van der Waals surface area contributed by atoms with E-state index in [0.29, 0.717) is 0 Å². The summed E-state index contributed by atoms with van der Waals surface area (Å²) in [6.45, 7) is -0.234. The van der Waals surface area contributed by atoms with E-state index in [1.807, 2.05) is 0 Å². The number of furan rings is 2. The van der Waals surface area contributed by atoms with E-state index in [0.717, 1.165) is 11.0 Å². The molecule has 1 aliphatic rings. The molecule has 1 aliphatic heterocycles. The first-order valence-corrected chi connectivity index (χ1v) is 9.89. The Hall–Kier alpha value is -5.13. The minimum Gasteiger partial charge on any atom is -0.478 e. The number of urea groups is 1. The number of amides is 3. The van der Waals surface area contributed by atoms with Crippen LogP contribution in [0.3, 0.4) is 0 Å². The number of ether oxygens (including phenoxy) is 1. The Morgan fingerprint density at radius 2 is 1.69 bits per heavy atom. The highest BCUT2D eigenvalue weighted by Gasteiger charge is 2.34. The second-order valence-electron chi connectivity index (χ2n) is 7.25. The number of carbonyl (C=O) groups excluding carboxylic acids is 3. The standard InChI is InChI=1S/C23H16N2O10/c1-33-22(31)18-5-3-15(35-18)10-25-19(26)16(24-23(25)32)9-14-2-4-17(34-14)11-6-12(20(27)28)8-13(7-11)21(29)30/h2-9H,10H2,1H3,(H,24,32)(H,27,28)(H,29,30). The van der Waals surface area contributed by atoms with E-state index in [4.69, 9.17) is 8.83 Å². The fourth-order valence-electron chi connectivity index (χ4n) is 3.29. The second-order valence-corrected chi connectivity index (χ2v) is 7.25. The molecule has 178 valence electrons. The molecule has 4 rings (SSSR count). The Morgan fingerprint density at radius 1 is 1.00 bits per heavy atom. The summed E-state index contributed by atoms with van der Waals surface area (Å²) in [7, 11) is 1.19. The molecule has 1 aromatic carbocycles. The molecule has 1 fully saturated rings. The van der Waals surface area contributed by atoms with Gasteiger partial charge < -0.3 is 29.1 Å². The van der Waals surface area contributed by atoms with Gasteiger partial charge in [0.25, 0.3) is 5.91 Å². The van der Waals surface area contributed by atoms with E-state index < -0.39 is 29.8 Å². The zero-order valence-electron chi connectivity index (χ0n) is 17.9. The molecule has 3 amide bonds. The number of rotatable bonds is 7. The maximum atomic E-state index is 12.7. The van der Waals surface area contributed by atoms with Crippen molar-refractivity contribution in [3.05, 3.63) is 76.6 Å². The second kappa shape index (κ2) is 9.02. The number of hydrogen-bond acceptors (Lipinski definition) is 8. The van der Waals surface area contributed by atoms with Gasteiger partial charge in [0.05, 0.1) is 24.8 Å². The van der Waals surface area contributed by atoms with Crippen LogP contribution in [-0.2, 0) is 16.1 Å². The van der Waals surface area contributed by atoms with Crippen molar-refractivity contribution in [1.82, 2.24) is 10.2 Å². The number of benzene rings is 1. The van der Waals surface area contributed by atoms with Crippen LogP contribution in [0, 0.1) is 0 Å². The quantitative estimate of drug-likeness (QED) is 0.259. The van der Waals surface area contributed by atoms with Crippen molar-refractivity contribution in [3.63, 3.8) is 0 Å². The Bertz CT molecular complexity index is 1380. The van der Waals surface area contributed by atoms with E-state index in [1.165, 1.54) is 49.6 Å². The number of carboxylic acids is 2. The SMILES string of the molecule is COC(=O)c1ccc(CN2C(=O)NC(=Cc3ccc(-c4cc(C(=O)O)cc(C(=O)O)c4)o3)C2=O)o1. The lowest BCUT2D eigenvalue weighted by atomic mass is 10.0. The molecular weight excluding hydrogens is 464 g/mol. The number of nitrogens with one attached hydrogen (secondary N) is 1. The molecule has 12 heteroatoms.